The van der Waals surface area contributed by atoms with E-state index in [-0.39, 0.29) is 25.0 Å². The predicted molar refractivity (Wildman–Crippen MR) is 96.2 cm³/mol. The SMILES string of the molecule is C[C@@H](C(=O)N1CCCC1)[NH+]1CCN(S(=O)(=O)c2ccccc2C(F)(F)F)CC1. The number of nitrogens with one attached hydrogen (secondary N) is 1. The summed E-state index contributed by atoms with van der Waals surface area (Å²) in [7, 11) is -4.26. The number of rotatable bonds is 4. The maximum atomic E-state index is 13.2. The van der Waals surface area contributed by atoms with E-state index in [1.54, 1.807) is 0 Å². The van der Waals surface area contributed by atoms with Crippen LogP contribution in [-0.2, 0) is 21.0 Å². The van der Waals surface area contributed by atoms with Crippen LogP contribution in [0.15, 0.2) is 29.2 Å². The second-order valence-corrected chi connectivity index (χ2v) is 9.22. The number of hydrogen-bond acceptors (Lipinski definition) is 3. The zero-order valence-corrected chi connectivity index (χ0v) is 16.5. The number of alkyl halides is 3. The van der Waals surface area contributed by atoms with Gasteiger partial charge >= 0.3 is 6.18 Å². The number of amides is 1. The molecule has 0 saturated carbocycles. The molecular formula is C18H25F3N3O3S+. The van der Waals surface area contributed by atoms with Crippen molar-refractivity contribution in [2.75, 3.05) is 39.3 Å². The van der Waals surface area contributed by atoms with Crippen LogP contribution < -0.4 is 4.90 Å². The van der Waals surface area contributed by atoms with E-state index in [0.717, 1.165) is 47.3 Å². The summed E-state index contributed by atoms with van der Waals surface area (Å²) in [6.45, 7) is 4.28. The molecule has 28 heavy (non-hydrogen) atoms. The molecule has 2 aliphatic rings. The Morgan fingerprint density at radius 3 is 2.21 bits per heavy atom. The molecule has 0 unspecified atom stereocenters. The number of quaternary nitrogens is 1. The minimum Gasteiger partial charge on any atom is -0.338 e. The Morgan fingerprint density at radius 2 is 1.64 bits per heavy atom. The van der Waals surface area contributed by atoms with Crippen molar-refractivity contribution in [2.24, 2.45) is 0 Å². The van der Waals surface area contributed by atoms with Gasteiger partial charge in [-0.05, 0) is 31.9 Å². The lowest BCUT2D eigenvalue weighted by molar-refractivity contribution is -0.918. The highest BCUT2D eigenvalue weighted by molar-refractivity contribution is 7.89. The predicted octanol–water partition coefficient (Wildman–Crippen LogP) is 0.606. The van der Waals surface area contributed by atoms with Crippen molar-refractivity contribution in [3.8, 4) is 0 Å². The van der Waals surface area contributed by atoms with Crippen molar-refractivity contribution in [3.63, 3.8) is 0 Å². The van der Waals surface area contributed by atoms with E-state index in [2.05, 4.69) is 0 Å². The first-order chi connectivity index (χ1) is 13.1. The molecule has 0 radical (unpaired) electrons. The third kappa shape index (κ3) is 4.18. The van der Waals surface area contributed by atoms with E-state index in [1.165, 1.54) is 12.1 Å². The summed E-state index contributed by atoms with van der Waals surface area (Å²) in [6, 6.07) is 3.96. The van der Waals surface area contributed by atoms with Crippen molar-refractivity contribution in [2.45, 2.75) is 36.9 Å². The van der Waals surface area contributed by atoms with E-state index in [4.69, 9.17) is 0 Å². The number of nitrogens with zero attached hydrogens (tertiary/aromatic N) is 2. The van der Waals surface area contributed by atoms with Crippen LogP contribution in [0.5, 0.6) is 0 Å². The van der Waals surface area contributed by atoms with Crippen LogP contribution in [0.25, 0.3) is 0 Å². The number of piperazine rings is 1. The molecule has 0 spiro atoms. The average Bonchev–Trinajstić information content (AvgIpc) is 3.21. The maximum absolute atomic E-state index is 13.2. The molecule has 0 aromatic heterocycles. The quantitative estimate of drug-likeness (QED) is 0.776. The summed E-state index contributed by atoms with van der Waals surface area (Å²) in [6.07, 6.45) is -2.75. The maximum Gasteiger partial charge on any atom is 0.417 e. The van der Waals surface area contributed by atoms with Crippen molar-refractivity contribution < 1.29 is 31.3 Å². The number of benzene rings is 1. The van der Waals surface area contributed by atoms with Gasteiger partial charge in [0.25, 0.3) is 5.91 Å². The lowest BCUT2D eigenvalue weighted by Crippen LogP contribution is -3.19. The summed E-state index contributed by atoms with van der Waals surface area (Å²) >= 11 is 0. The van der Waals surface area contributed by atoms with Crippen molar-refractivity contribution in [3.05, 3.63) is 29.8 Å². The zero-order chi connectivity index (χ0) is 20.5. The summed E-state index contributed by atoms with van der Waals surface area (Å²) in [5.74, 6) is 0.0613. The van der Waals surface area contributed by atoms with Crippen molar-refractivity contribution in [1.29, 1.82) is 0 Å². The van der Waals surface area contributed by atoms with Crippen LogP contribution in [0, 0.1) is 0 Å². The van der Waals surface area contributed by atoms with Gasteiger partial charge in [-0.25, -0.2) is 8.42 Å². The van der Waals surface area contributed by atoms with Gasteiger partial charge in [0.05, 0.1) is 36.6 Å². The van der Waals surface area contributed by atoms with Gasteiger partial charge in [-0.3, -0.25) is 4.79 Å². The molecule has 2 saturated heterocycles. The van der Waals surface area contributed by atoms with E-state index in [1.807, 2.05) is 11.8 Å². The summed E-state index contributed by atoms with van der Waals surface area (Å²) in [4.78, 5) is 14.6. The normalized spacial score (nSPS) is 21.1. The molecule has 1 atom stereocenters. The largest absolute Gasteiger partial charge is 0.417 e. The van der Waals surface area contributed by atoms with Crippen molar-refractivity contribution >= 4 is 15.9 Å². The molecule has 10 heteroatoms. The van der Waals surface area contributed by atoms with Gasteiger partial charge in [-0.2, -0.15) is 17.5 Å². The fourth-order valence-corrected chi connectivity index (χ4v) is 5.55. The van der Waals surface area contributed by atoms with Gasteiger partial charge in [0.1, 0.15) is 0 Å². The Hall–Kier alpha value is -1.65. The Kier molecular flexibility index (Phi) is 6.02. The molecular weight excluding hydrogens is 395 g/mol. The van der Waals surface area contributed by atoms with Gasteiger partial charge in [0.2, 0.25) is 10.0 Å². The summed E-state index contributed by atoms with van der Waals surface area (Å²) in [5.41, 5.74) is -1.15. The molecule has 1 N–H and O–H groups in total. The lowest BCUT2D eigenvalue weighted by atomic mass is 10.2. The average molecular weight is 420 g/mol. The van der Waals surface area contributed by atoms with Crippen LogP contribution in [0.3, 0.4) is 0 Å². The number of hydrogen-bond donors (Lipinski definition) is 1. The molecule has 1 aromatic carbocycles. The minimum absolute atomic E-state index is 0.0613. The van der Waals surface area contributed by atoms with Crippen LogP contribution >= 0.6 is 0 Å². The smallest absolute Gasteiger partial charge is 0.338 e. The summed E-state index contributed by atoms with van der Waals surface area (Å²) in [5, 5.41) is 0. The highest BCUT2D eigenvalue weighted by Gasteiger charge is 2.41. The van der Waals surface area contributed by atoms with E-state index in [0.29, 0.717) is 13.1 Å². The zero-order valence-electron chi connectivity index (χ0n) is 15.7. The molecule has 0 bridgehead atoms. The molecule has 2 fully saturated rings. The Morgan fingerprint density at radius 1 is 1.07 bits per heavy atom. The van der Waals surface area contributed by atoms with Crippen LogP contribution in [0.4, 0.5) is 13.2 Å². The van der Waals surface area contributed by atoms with Gasteiger partial charge in [0, 0.05) is 13.1 Å². The third-order valence-electron chi connectivity index (χ3n) is 5.58. The van der Waals surface area contributed by atoms with Crippen LogP contribution in [-0.4, -0.2) is 68.8 Å². The summed E-state index contributed by atoms with van der Waals surface area (Å²) < 4.78 is 66.4. The Balaban J connectivity index is 1.70. The first-order valence-electron chi connectivity index (χ1n) is 9.42. The van der Waals surface area contributed by atoms with Crippen molar-refractivity contribution in [1.82, 2.24) is 9.21 Å². The topological polar surface area (TPSA) is 62.1 Å². The van der Waals surface area contributed by atoms with E-state index in [9.17, 15) is 26.4 Å². The number of likely N-dealkylation sites (tertiary alicyclic amines) is 1. The standard InChI is InChI=1S/C18H24F3N3O3S/c1-14(17(25)23-8-4-5-9-23)22-10-12-24(13-11-22)28(26,27)16-7-3-2-6-15(16)18(19,20)21/h2-3,6-7,14H,4-5,8-13H2,1H3/p+1/t14-/m0/s1. The highest BCUT2D eigenvalue weighted by atomic mass is 32.2. The van der Waals surface area contributed by atoms with Crippen LogP contribution in [0.1, 0.15) is 25.3 Å². The second-order valence-electron chi connectivity index (χ2n) is 7.31. The third-order valence-corrected chi connectivity index (χ3v) is 7.53. The minimum atomic E-state index is -4.74. The molecule has 0 aliphatic carbocycles. The molecule has 3 rings (SSSR count). The highest BCUT2D eigenvalue weighted by Crippen LogP contribution is 2.35. The number of carbonyl (C=O) groups excluding carboxylic acids is 1. The lowest BCUT2D eigenvalue weighted by Gasteiger charge is -2.35. The van der Waals surface area contributed by atoms with Gasteiger partial charge in [-0.15, -0.1) is 0 Å². The monoisotopic (exact) mass is 420 g/mol. The van der Waals surface area contributed by atoms with Gasteiger partial charge in [0.15, 0.2) is 6.04 Å². The van der Waals surface area contributed by atoms with Gasteiger partial charge in [-0.1, -0.05) is 12.1 Å². The number of carbonyl (C=O) groups is 1. The first-order valence-corrected chi connectivity index (χ1v) is 10.9. The molecule has 1 aromatic rings. The Labute approximate surface area is 162 Å². The Bertz CT molecular complexity index is 815. The van der Waals surface area contributed by atoms with E-state index < -0.39 is 26.7 Å². The number of sulfonamides is 1. The van der Waals surface area contributed by atoms with Crippen LogP contribution in [0.2, 0.25) is 0 Å². The fraction of sp³-hybridized carbons (Fsp3) is 0.611. The molecule has 156 valence electrons. The first kappa shape index (κ1) is 21.1. The molecule has 6 nitrogen and oxygen atoms in total. The molecule has 1 amide bonds. The van der Waals surface area contributed by atoms with E-state index >= 15 is 0 Å². The fourth-order valence-electron chi connectivity index (χ4n) is 3.90. The van der Waals surface area contributed by atoms with Gasteiger partial charge < -0.3 is 9.80 Å². The molecule has 2 aliphatic heterocycles. The molecule has 2 heterocycles. The number of halogens is 3. The second kappa shape index (κ2) is 8.00.